The summed E-state index contributed by atoms with van der Waals surface area (Å²) in [6.07, 6.45) is -0.0799. The predicted molar refractivity (Wildman–Crippen MR) is 129 cm³/mol. The Morgan fingerprint density at radius 3 is 2.32 bits per heavy atom. The summed E-state index contributed by atoms with van der Waals surface area (Å²) in [4.78, 5) is 40.8. The van der Waals surface area contributed by atoms with Gasteiger partial charge >= 0.3 is 0 Å². The summed E-state index contributed by atoms with van der Waals surface area (Å²) < 4.78 is 13.8. The lowest BCUT2D eigenvalue weighted by molar-refractivity contribution is -0.154. The average Bonchev–Trinajstić information content (AvgIpc) is 2.82. The standard InChI is InChI=1S/C27H25FN2O7/c1-30(2)21-15-10-14-17(11-6-8-12(28)9-7-11)13-4-3-5-16(31)18(13)22(32)19(14)24(34)27(15,37)25(35)20(23(21)33)26(29)36/h3-9,14-15,17,21,31-32,35,37H,10H2,1-2H3,(H2,29,36)/t14-,15+,17+,21+,27+/m1/s1. The van der Waals surface area contributed by atoms with E-state index < -0.39 is 69.8 Å². The highest BCUT2D eigenvalue weighted by Crippen LogP contribution is 2.57. The van der Waals surface area contributed by atoms with E-state index in [0.29, 0.717) is 11.1 Å². The van der Waals surface area contributed by atoms with Crippen LogP contribution in [0.3, 0.4) is 0 Å². The molecule has 2 aromatic carbocycles. The third kappa shape index (κ3) is 3.25. The van der Waals surface area contributed by atoms with Crippen molar-refractivity contribution in [3.63, 3.8) is 0 Å². The lowest BCUT2D eigenvalue weighted by atomic mass is 9.54. The molecule has 0 spiro atoms. The van der Waals surface area contributed by atoms with E-state index in [4.69, 9.17) is 5.73 Å². The highest BCUT2D eigenvalue weighted by Gasteiger charge is 2.65. The summed E-state index contributed by atoms with van der Waals surface area (Å²) in [6, 6.07) is 8.91. The monoisotopic (exact) mass is 508 g/mol. The SMILES string of the molecule is CN(C)[C@@H]1C(=O)C(C(N)=O)=C(O)[C@@]2(O)C(=O)C3=C(O)c4c(O)cccc4[C@H](c4ccc(F)cc4)[C@H]3C[C@@H]12. The first-order valence-electron chi connectivity index (χ1n) is 11.6. The van der Waals surface area contributed by atoms with Gasteiger partial charge in [-0.25, -0.2) is 4.39 Å². The van der Waals surface area contributed by atoms with E-state index in [9.17, 15) is 39.2 Å². The van der Waals surface area contributed by atoms with E-state index in [-0.39, 0.29) is 23.3 Å². The number of aliphatic hydroxyl groups is 3. The fourth-order valence-corrected chi connectivity index (χ4v) is 6.31. The topological polar surface area (TPSA) is 161 Å². The Balaban J connectivity index is 1.81. The van der Waals surface area contributed by atoms with E-state index in [1.54, 1.807) is 12.1 Å². The number of likely N-dealkylation sites (N-methyl/N-ethyl adjacent to an activating group) is 1. The van der Waals surface area contributed by atoms with Crippen molar-refractivity contribution in [2.45, 2.75) is 24.0 Å². The van der Waals surface area contributed by atoms with Crippen molar-refractivity contribution in [3.8, 4) is 5.75 Å². The summed E-state index contributed by atoms with van der Waals surface area (Å²) in [5.41, 5.74) is 2.47. The first-order chi connectivity index (χ1) is 17.4. The number of rotatable bonds is 3. The number of carbonyl (C=O) groups is 3. The molecule has 0 bridgehead atoms. The van der Waals surface area contributed by atoms with Crippen LogP contribution in [0.5, 0.6) is 5.75 Å². The number of hydrogen-bond donors (Lipinski definition) is 5. The predicted octanol–water partition coefficient (Wildman–Crippen LogP) is 1.69. The number of nitrogens with zero attached hydrogens (tertiary/aromatic N) is 1. The van der Waals surface area contributed by atoms with Crippen molar-refractivity contribution in [1.82, 2.24) is 4.90 Å². The molecule has 5 atom stereocenters. The molecule has 0 unspecified atom stereocenters. The van der Waals surface area contributed by atoms with Crippen LogP contribution in [0.1, 0.15) is 29.0 Å². The summed E-state index contributed by atoms with van der Waals surface area (Å²) >= 11 is 0. The number of fused-ring (bicyclic) bond motifs is 3. The van der Waals surface area contributed by atoms with Gasteiger partial charge in [0.15, 0.2) is 11.4 Å². The van der Waals surface area contributed by atoms with Gasteiger partial charge in [0.05, 0.1) is 11.6 Å². The highest BCUT2D eigenvalue weighted by atomic mass is 19.1. The number of amides is 1. The molecule has 0 aliphatic heterocycles. The smallest absolute Gasteiger partial charge is 0.255 e. The third-order valence-corrected chi connectivity index (χ3v) is 7.84. The maximum Gasteiger partial charge on any atom is 0.255 e. The molecule has 6 N–H and O–H groups in total. The van der Waals surface area contributed by atoms with Crippen LogP contribution in [-0.4, -0.2) is 68.5 Å². The number of carbonyl (C=O) groups excluding carboxylic acids is 3. The number of aliphatic hydroxyl groups excluding tert-OH is 2. The average molecular weight is 509 g/mol. The zero-order valence-corrected chi connectivity index (χ0v) is 20.0. The van der Waals surface area contributed by atoms with Crippen molar-refractivity contribution >= 4 is 23.2 Å². The molecule has 0 aromatic heterocycles. The van der Waals surface area contributed by atoms with Gasteiger partial charge in [-0.3, -0.25) is 19.3 Å². The maximum atomic E-state index is 14.0. The molecule has 2 aromatic rings. The lowest BCUT2D eigenvalue weighted by Crippen LogP contribution is -2.66. The van der Waals surface area contributed by atoms with Crippen molar-refractivity contribution in [3.05, 3.63) is 81.9 Å². The van der Waals surface area contributed by atoms with Crippen molar-refractivity contribution in [2.24, 2.45) is 17.6 Å². The molecule has 3 aliphatic rings. The fraction of sp³-hybridized carbons (Fsp3) is 0.296. The number of aromatic hydroxyl groups is 1. The molecule has 0 saturated heterocycles. The van der Waals surface area contributed by atoms with Crippen LogP contribution < -0.4 is 5.73 Å². The molecule has 1 amide bonds. The Kier molecular flexibility index (Phi) is 5.50. The number of ketones is 2. The van der Waals surface area contributed by atoms with Crippen LogP contribution >= 0.6 is 0 Å². The van der Waals surface area contributed by atoms with Gasteiger partial charge in [0.1, 0.15) is 28.7 Å². The molecule has 0 heterocycles. The minimum atomic E-state index is -2.73. The molecule has 192 valence electrons. The zero-order chi connectivity index (χ0) is 27.0. The summed E-state index contributed by atoms with van der Waals surface area (Å²) in [7, 11) is 3.06. The van der Waals surface area contributed by atoms with E-state index in [1.165, 1.54) is 49.3 Å². The number of benzene rings is 2. The number of halogens is 1. The Morgan fingerprint density at radius 1 is 1.08 bits per heavy atom. The minimum absolute atomic E-state index is 0.0342. The summed E-state index contributed by atoms with van der Waals surface area (Å²) in [5.74, 6) is -8.50. The highest BCUT2D eigenvalue weighted by molar-refractivity contribution is 6.24. The Hall–Kier alpha value is -4.02. The molecule has 0 radical (unpaired) electrons. The zero-order valence-electron chi connectivity index (χ0n) is 20.0. The van der Waals surface area contributed by atoms with Gasteiger partial charge in [-0.15, -0.1) is 0 Å². The van der Waals surface area contributed by atoms with Crippen LogP contribution in [0.25, 0.3) is 5.76 Å². The fourth-order valence-electron chi connectivity index (χ4n) is 6.31. The van der Waals surface area contributed by atoms with Crippen molar-refractivity contribution < 1.29 is 39.2 Å². The first-order valence-corrected chi connectivity index (χ1v) is 11.6. The van der Waals surface area contributed by atoms with Gasteiger partial charge in [0.2, 0.25) is 5.78 Å². The molecule has 1 saturated carbocycles. The van der Waals surface area contributed by atoms with E-state index in [0.717, 1.165) is 0 Å². The van der Waals surface area contributed by atoms with Gasteiger partial charge in [0.25, 0.3) is 5.91 Å². The molecular formula is C27H25FN2O7. The molecule has 9 nitrogen and oxygen atoms in total. The molecule has 3 aliphatic carbocycles. The Bertz CT molecular complexity index is 1430. The minimum Gasteiger partial charge on any atom is -0.508 e. The normalized spacial score (nSPS) is 29.2. The van der Waals surface area contributed by atoms with E-state index >= 15 is 0 Å². The van der Waals surface area contributed by atoms with Crippen LogP contribution in [-0.2, 0) is 14.4 Å². The second-order valence-corrected chi connectivity index (χ2v) is 9.94. The maximum absolute atomic E-state index is 14.0. The second kappa shape index (κ2) is 8.25. The van der Waals surface area contributed by atoms with Crippen molar-refractivity contribution in [1.29, 1.82) is 0 Å². The number of nitrogens with two attached hydrogens (primary N) is 1. The van der Waals surface area contributed by atoms with Gasteiger partial charge in [-0.2, -0.15) is 0 Å². The van der Waals surface area contributed by atoms with E-state index in [1.807, 2.05) is 0 Å². The molecule has 1 fully saturated rings. The Labute approximate surface area is 210 Å². The third-order valence-electron chi connectivity index (χ3n) is 7.84. The van der Waals surface area contributed by atoms with Crippen LogP contribution in [0, 0.1) is 17.7 Å². The number of phenols is 1. The van der Waals surface area contributed by atoms with Crippen LogP contribution in [0.2, 0.25) is 0 Å². The quantitative estimate of drug-likeness (QED) is 0.392. The largest absolute Gasteiger partial charge is 0.508 e. The van der Waals surface area contributed by atoms with Crippen molar-refractivity contribution in [2.75, 3.05) is 14.1 Å². The van der Waals surface area contributed by atoms with E-state index in [2.05, 4.69) is 0 Å². The second-order valence-electron chi connectivity index (χ2n) is 9.94. The Morgan fingerprint density at radius 2 is 1.73 bits per heavy atom. The van der Waals surface area contributed by atoms with Crippen LogP contribution in [0.4, 0.5) is 4.39 Å². The van der Waals surface area contributed by atoms with Gasteiger partial charge < -0.3 is 26.2 Å². The number of hydrogen-bond acceptors (Lipinski definition) is 8. The number of Topliss-reactive ketones (excluding diaryl/α,β-unsaturated/α-hetero) is 2. The lowest BCUT2D eigenvalue weighted by Gasteiger charge is -2.51. The molecular weight excluding hydrogens is 483 g/mol. The number of primary amides is 1. The summed E-state index contributed by atoms with van der Waals surface area (Å²) in [6.45, 7) is 0. The van der Waals surface area contributed by atoms with Crippen LogP contribution in [0.15, 0.2) is 59.4 Å². The van der Waals surface area contributed by atoms with Gasteiger partial charge in [0, 0.05) is 23.3 Å². The first kappa shape index (κ1) is 24.7. The van der Waals surface area contributed by atoms with Gasteiger partial charge in [-0.1, -0.05) is 24.3 Å². The summed E-state index contributed by atoms with van der Waals surface area (Å²) in [5, 5.41) is 44.6. The molecule has 10 heteroatoms. The molecule has 37 heavy (non-hydrogen) atoms. The molecule has 5 rings (SSSR count). The van der Waals surface area contributed by atoms with Gasteiger partial charge in [-0.05, 0) is 49.8 Å². The number of phenolic OH excluding ortho intramolecular Hbond substituents is 1.